The first-order valence-corrected chi connectivity index (χ1v) is 9.99. The third kappa shape index (κ3) is 4.53. The Balaban J connectivity index is 1.91. The van der Waals surface area contributed by atoms with Gasteiger partial charge in [-0.15, -0.1) is 0 Å². The van der Waals surface area contributed by atoms with Crippen molar-refractivity contribution in [3.05, 3.63) is 52.9 Å². The first kappa shape index (κ1) is 20.7. The minimum atomic E-state index is -0.215. The second-order valence-electron chi connectivity index (χ2n) is 5.77. The van der Waals surface area contributed by atoms with Crippen molar-refractivity contribution in [2.75, 3.05) is 25.2 Å². The summed E-state index contributed by atoms with van der Waals surface area (Å²) in [6, 6.07) is 14.5. The molecule has 1 amide bonds. The monoisotopic (exact) mass is 426 g/mol. The van der Waals surface area contributed by atoms with Crippen LogP contribution in [0.4, 0.5) is 5.69 Å². The maximum Gasteiger partial charge on any atom is 0.270 e. The van der Waals surface area contributed by atoms with Crippen molar-refractivity contribution < 1.29 is 19.0 Å². The van der Waals surface area contributed by atoms with Gasteiger partial charge in [0.05, 0.1) is 24.3 Å². The highest BCUT2D eigenvalue weighted by atomic mass is 32.2. The summed E-state index contributed by atoms with van der Waals surface area (Å²) in [6.45, 7) is 2.23. The van der Waals surface area contributed by atoms with Crippen LogP contribution in [0.15, 0.2) is 47.4 Å². The van der Waals surface area contributed by atoms with Gasteiger partial charge in [-0.2, -0.15) is 5.26 Å². The van der Waals surface area contributed by atoms with Crippen molar-refractivity contribution in [3.63, 3.8) is 0 Å². The third-order valence-corrected chi connectivity index (χ3v) is 5.28. The number of hydrogen-bond donors (Lipinski definition) is 0. The number of rotatable bonds is 7. The van der Waals surface area contributed by atoms with Crippen molar-refractivity contribution in [3.8, 4) is 23.3 Å². The fourth-order valence-corrected chi connectivity index (χ4v) is 4.04. The fourth-order valence-electron chi connectivity index (χ4n) is 2.75. The number of thioether (sulfide) groups is 1. The van der Waals surface area contributed by atoms with Crippen LogP contribution >= 0.6 is 24.0 Å². The normalized spacial score (nSPS) is 14.8. The Morgan fingerprint density at radius 3 is 2.69 bits per heavy atom. The Kier molecular flexibility index (Phi) is 6.75. The molecule has 8 heteroatoms. The van der Waals surface area contributed by atoms with Crippen molar-refractivity contribution in [1.82, 2.24) is 0 Å². The number of nitriles is 1. The Morgan fingerprint density at radius 1 is 1.17 bits per heavy atom. The molecule has 0 atom stereocenters. The zero-order chi connectivity index (χ0) is 20.8. The van der Waals surface area contributed by atoms with Gasteiger partial charge in [0.25, 0.3) is 5.91 Å². The molecule has 1 saturated heterocycles. The zero-order valence-corrected chi connectivity index (χ0v) is 17.5. The molecule has 1 heterocycles. The number of para-hydroxylation sites is 2. The Hall–Kier alpha value is -3.02. The van der Waals surface area contributed by atoms with Crippen LogP contribution < -0.4 is 19.1 Å². The lowest BCUT2D eigenvalue weighted by molar-refractivity contribution is -0.113. The molecular formula is C21H18N2O4S2. The topological polar surface area (TPSA) is 71.8 Å². The maximum absolute atomic E-state index is 13.0. The molecule has 1 aliphatic heterocycles. The Labute approximate surface area is 178 Å². The minimum Gasteiger partial charge on any atom is -0.495 e. The average molecular weight is 427 g/mol. The first-order valence-electron chi connectivity index (χ1n) is 8.76. The number of hydrogen-bond acceptors (Lipinski definition) is 7. The lowest BCUT2D eigenvalue weighted by atomic mass is 10.1. The maximum atomic E-state index is 13.0. The molecule has 6 nitrogen and oxygen atoms in total. The summed E-state index contributed by atoms with van der Waals surface area (Å²) < 4.78 is 16.8. The molecule has 0 unspecified atom stereocenters. The van der Waals surface area contributed by atoms with Crippen LogP contribution in [0.3, 0.4) is 0 Å². The van der Waals surface area contributed by atoms with E-state index >= 15 is 0 Å². The number of benzene rings is 2. The van der Waals surface area contributed by atoms with Crippen LogP contribution in [0.1, 0.15) is 12.5 Å². The molecule has 29 heavy (non-hydrogen) atoms. The lowest BCUT2D eigenvalue weighted by Crippen LogP contribution is -2.27. The van der Waals surface area contributed by atoms with Crippen molar-refractivity contribution in [1.29, 1.82) is 5.26 Å². The van der Waals surface area contributed by atoms with Gasteiger partial charge >= 0.3 is 0 Å². The predicted octanol–water partition coefficient (Wildman–Crippen LogP) is 4.40. The van der Waals surface area contributed by atoms with E-state index in [1.54, 1.807) is 43.5 Å². The number of nitrogens with zero attached hydrogens (tertiary/aromatic N) is 2. The molecular weight excluding hydrogens is 408 g/mol. The van der Waals surface area contributed by atoms with Crippen LogP contribution in [0.5, 0.6) is 17.2 Å². The molecule has 0 spiro atoms. The van der Waals surface area contributed by atoms with Crippen molar-refractivity contribution in [2.45, 2.75) is 6.92 Å². The van der Waals surface area contributed by atoms with E-state index in [9.17, 15) is 4.79 Å². The second kappa shape index (κ2) is 9.45. The highest BCUT2D eigenvalue weighted by Crippen LogP contribution is 2.40. The van der Waals surface area contributed by atoms with Gasteiger partial charge < -0.3 is 14.2 Å². The quantitative estimate of drug-likeness (QED) is 0.480. The van der Waals surface area contributed by atoms with Gasteiger partial charge in [0.1, 0.15) is 11.8 Å². The minimum absolute atomic E-state index is 0.0724. The molecule has 0 N–H and O–H groups in total. The number of ether oxygens (including phenoxy) is 3. The van der Waals surface area contributed by atoms with E-state index in [2.05, 4.69) is 0 Å². The van der Waals surface area contributed by atoms with Crippen molar-refractivity contribution >= 4 is 46.0 Å². The summed E-state index contributed by atoms with van der Waals surface area (Å²) in [6.07, 6.45) is 1.76. The fraction of sp³-hybridized carbons (Fsp3) is 0.190. The van der Waals surface area contributed by atoms with Crippen LogP contribution in [-0.2, 0) is 4.79 Å². The number of anilines is 1. The van der Waals surface area contributed by atoms with E-state index in [1.165, 1.54) is 16.7 Å². The van der Waals surface area contributed by atoms with E-state index < -0.39 is 0 Å². The largest absolute Gasteiger partial charge is 0.495 e. The van der Waals surface area contributed by atoms with E-state index in [0.717, 1.165) is 5.56 Å². The van der Waals surface area contributed by atoms with E-state index in [4.69, 9.17) is 31.7 Å². The molecule has 1 aliphatic rings. The molecule has 3 rings (SSSR count). The second-order valence-corrected chi connectivity index (χ2v) is 7.45. The number of carbonyl (C=O) groups excluding carboxylic acids is 1. The van der Waals surface area contributed by atoms with E-state index in [0.29, 0.717) is 38.8 Å². The molecule has 2 aromatic rings. The molecule has 0 radical (unpaired) electrons. The third-order valence-electron chi connectivity index (χ3n) is 3.98. The molecule has 0 bridgehead atoms. The van der Waals surface area contributed by atoms with Gasteiger partial charge in [-0.1, -0.05) is 42.2 Å². The van der Waals surface area contributed by atoms with Gasteiger partial charge in [0, 0.05) is 0 Å². The highest BCUT2D eigenvalue weighted by Gasteiger charge is 2.34. The lowest BCUT2D eigenvalue weighted by Gasteiger charge is -2.17. The molecule has 0 aromatic heterocycles. The molecule has 2 aromatic carbocycles. The molecule has 0 saturated carbocycles. The number of methoxy groups -OCH3 is 1. The van der Waals surface area contributed by atoms with Gasteiger partial charge in [0.2, 0.25) is 0 Å². The summed E-state index contributed by atoms with van der Waals surface area (Å²) in [4.78, 5) is 15.0. The zero-order valence-electron chi connectivity index (χ0n) is 15.9. The first-order chi connectivity index (χ1) is 14.1. The standard InChI is InChI=1S/C21H18N2O4S2/c1-3-26-18-12-14(8-9-17(18)27-11-10-22)13-19-20(24)23(21(28)29-19)15-6-4-5-7-16(15)25-2/h4-9,12-13H,3,11H2,1-2H3/b19-13+. The molecule has 1 fully saturated rings. The summed E-state index contributed by atoms with van der Waals surface area (Å²) in [7, 11) is 1.55. The van der Waals surface area contributed by atoms with Crippen LogP contribution in [0.2, 0.25) is 0 Å². The SMILES string of the molecule is CCOc1cc(/C=C2/SC(=S)N(c3ccccc3OC)C2=O)ccc1OCC#N. The summed E-state index contributed by atoms with van der Waals surface area (Å²) in [5, 5.41) is 8.71. The number of carbonyl (C=O) groups is 1. The number of amides is 1. The average Bonchev–Trinajstić information content (AvgIpc) is 3.00. The molecule has 0 aliphatic carbocycles. The smallest absolute Gasteiger partial charge is 0.270 e. The van der Waals surface area contributed by atoms with Gasteiger partial charge in [-0.05, 0) is 42.8 Å². The molecule has 148 valence electrons. The van der Waals surface area contributed by atoms with Crippen LogP contribution in [0, 0.1) is 11.3 Å². The predicted molar refractivity (Wildman–Crippen MR) is 117 cm³/mol. The summed E-state index contributed by atoms with van der Waals surface area (Å²) in [5.74, 6) is 1.35. The van der Waals surface area contributed by atoms with Crippen LogP contribution in [0.25, 0.3) is 6.08 Å². The van der Waals surface area contributed by atoms with Gasteiger partial charge in [-0.25, -0.2) is 0 Å². The highest BCUT2D eigenvalue weighted by molar-refractivity contribution is 8.27. The van der Waals surface area contributed by atoms with E-state index in [-0.39, 0.29) is 12.5 Å². The van der Waals surface area contributed by atoms with Crippen LogP contribution in [-0.4, -0.2) is 30.6 Å². The van der Waals surface area contributed by atoms with Gasteiger partial charge in [0.15, 0.2) is 22.4 Å². The summed E-state index contributed by atoms with van der Waals surface area (Å²) >= 11 is 6.66. The van der Waals surface area contributed by atoms with E-state index in [1.807, 2.05) is 25.1 Å². The van der Waals surface area contributed by atoms with Crippen molar-refractivity contribution in [2.24, 2.45) is 0 Å². The Morgan fingerprint density at radius 2 is 1.97 bits per heavy atom. The Bertz CT molecular complexity index is 1010. The number of thiocarbonyl (C=S) groups is 1. The summed E-state index contributed by atoms with van der Waals surface area (Å²) in [5.41, 5.74) is 1.37. The van der Waals surface area contributed by atoms with Gasteiger partial charge in [-0.3, -0.25) is 9.69 Å².